The van der Waals surface area contributed by atoms with Crippen LogP contribution in [0.3, 0.4) is 0 Å². The van der Waals surface area contributed by atoms with Crippen LogP contribution in [0.15, 0.2) is 212 Å². The Labute approximate surface area is 336 Å². The van der Waals surface area contributed by atoms with E-state index in [0.717, 1.165) is 99.5 Å². The molecule has 0 unspecified atom stereocenters. The SMILES string of the molecule is N#Cc1cc(-n2c3cc(-c4ccccc4)ccc3c3ccc(-c4ccccc4)cc32)cc(-n2c3cc(-c4ccccc4)ccc3c3ccc(-c4ccccc4)cc32)c1. The van der Waals surface area contributed by atoms with Crippen LogP contribution in [0.5, 0.6) is 0 Å². The summed E-state index contributed by atoms with van der Waals surface area (Å²) >= 11 is 0. The van der Waals surface area contributed by atoms with Crippen LogP contribution in [-0.4, -0.2) is 9.13 Å². The molecule has 0 radical (unpaired) electrons. The van der Waals surface area contributed by atoms with Gasteiger partial charge in [0.1, 0.15) is 0 Å². The maximum absolute atomic E-state index is 10.7. The molecule has 0 aliphatic carbocycles. The summed E-state index contributed by atoms with van der Waals surface area (Å²) in [5.74, 6) is 0. The second-order valence-electron chi connectivity index (χ2n) is 14.9. The molecule has 3 nitrogen and oxygen atoms in total. The summed E-state index contributed by atoms with van der Waals surface area (Å²) in [5, 5.41) is 15.4. The van der Waals surface area contributed by atoms with Gasteiger partial charge < -0.3 is 9.13 Å². The number of nitrogens with zero attached hydrogens (tertiary/aromatic N) is 3. The van der Waals surface area contributed by atoms with Crippen LogP contribution >= 0.6 is 0 Å². The van der Waals surface area contributed by atoms with Crippen LogP contribution < -0.4 is 0 Å². The van der Waals surface area contributed by atoms with Crippen LogP contribution in [0.2, 0.25) is 0 Å². The fourth-order valence-electron chi connectivity index (χ4n) is 8.75. The monoisotopic (exact) mass is 737 g/mol. The Morgan fingerprint density at radius 3 is 0.810 bits per heavy atom. The van der Waals surface area contributed by atoms with Gasteiger partial charge in [0.2, 0.25) is 0 Å². The first-order chi connectivity index (χ1) is 28.7. The molecule has 0 amide bonds. The first-order valence-electron chi connectivity index (χ1n) is 19.6. The molecule has 11 aromatic rings. The van der Waals surface area contributed by atoms with Gasteiger partial charge in [0.15, 0.2) is 0 Å². The maximum Gasteiger partial charge on any atom is 0.0993 e. The van der Waals surface area contributed by atoms with Gasteiger partial charge in [-0.25, -0.2) is 0 Å². The minimum Gasteiger partial charge on any atom is -0.309 e. The maximum atomic E-state index is 10.7. The van der Waals surface area contributed by atoms with Gasteiger partial charge in [-0.3, -0.25) is 0 Å². The van der Waals surface area contributed by atoms with E-state index < -0.39 is 0 Å². The first kappa shape index (κ1) is 33.4. The van der Waals surface area contributed by atoms with Crippen molar-refractivity contribution in [1.82, 2.24) is 9.13 Å². The predicted octanol–water partition coefficient (Wildman–Crippen LogP) is 14.4. The van der Waals surface area contributed by atoms with Crippen LogP contribution in [0, 0.1) is 11.3 Å². The number of aromatic nitrogens is 2. The Kier molecular flexibility index (Phi) is 7.88. The Morgan fingerprint density at radius 1 is 0.276 bits per heavy atom. The Morgan fingerprint density at radius 2 is 0.552 bits per heavy atom. The molecule has 0 atom stereocenters. The number of nitriles is 1. The lowest BCUT2D eigenvalue weighted by molar-refractivity contribution is 1.13. The minimum absolute atomic E-state index is 0.592. The third-order valence-electron chi connectivity index (χ3n) is 11.5. The Bertz CT molecular complexity index is 2960. The molecule has 2 heterocycles. The van der Waals surface area contributed by atoms with Crippen molar-refractivity contribution in [3.63, 3.8) is 0 Å². The van der Waals surface area contributed by atoms with E-state index in [1.807, 2.05) is 12.1 Å². The topological polar surface area (TPSA) is 33.6 Å². The molecule has 0 aliphatic rings. The summed E-state index contributed by atoms with van der Waals surface area (Å²) in [6, 6.07) is 78.1. The molecule has 0 N–H and O–H groups in total. The zero-order chi connectivity index (χ0) is 38.6. The summed E-state index contributed by atoms with van der Waals surface area (Å²) in [6.45, 7) is 0. The van der Waals surface area contributed by atoms with E-state index in [1.165, 1.54) is 0 Å². The van der Waals surface area contributed by atoms with Crippen LogP contribution in [0.1, 0.15) is 5.56 Å². The normalized spacial score (nSPS) is 11.4. The van der Waals surface area contributed by atoms with Crippen molar-refractivity contribution >= 4 is 43.6 Å². The molecule has 270 valence electrons. The highest BCUT2D eigenvalue weighted by molar-refractivity contribution is 6.13. The second kappa shape index (κ2) is 13.7. The largest absolute Gasteiger partial charge is 0.309 e. The molecule has 2 aromatic heterocycles. The lowest BCUT2D eigenvalue weighted by Crippen LogP contribution is -2.00. The zero-order valence-corrected chi connectivity index (χ0v) is 31.5. The van der Waals surface area contributed by atoms with Crippen molar-refractivity contribution in [2.45, 2.75) is 0 Å². The summed E-state index contributed by atoms with van der Waals surface area (Å²) in [6.07, 6.45) is 0. The van der Waals surface area contributed by atoms with E-state index in [-0.39, 0.29) is 0 Å². The predicted molar refractivity (Wildman–Crippen MR) is 242 cm³/mol. The van der Waals surface area contributed by atoms with E-state index in [1.54, 1.807) is 0 Å². The lowest BCUT2D eigenvalue weighted by atomic mass is 10.0. The van der Waals surface area contributed by atoms with E-state index >= 15 is 0 Å². The molecule has 0 fully saturated rings. The van der Waals surface area contributed by atoms with Gasteiger partial charge >= 0.3 is 0 Å². The molecule has 58 heavy (non-hydrogen) atoms. The molecule has 0 bridgehead atoms. The van der Waals surface area contributed by atoms with Gasteiger partial charge in [0, 0.05) is 32.9 Å². The number of hydrogen-bond acceptors (Lipinski definition) is 1. The van der Waals surface area contributed by atoms with Crippen molar-refractivity contribution in [3.05, 3.63) is 218 Å². The third kappa shape index (κ3) is 5.59. The molecule has 0 aliphatic heterocycles. The summed E-state index contributed by atoms with van der Waals surface area (Å²) in [7, 11) is 0. The number of benzene rings is 9. The molecule has 0 saturated heterocycles. The highest BCUT2D eigenvalue weighted by Gasteiger charge is 2.19. The van der Waals surface area contributed by atoms with E-state index in [0.29, 0.717) is 5.56 Å². The van der Waals surface area contributed by atoms with Gasteiger partial charge in [-0.2, -0.15) is 5.26 Å². The summed E-state index contributed by atoms with van der Waals surface area (Å²) in [4.78, 5) is 0. The molecule has 0 saturated carbocycles. The fraction of sp³-hybridized carbons (Fsp3) is 0. The highest BCUT2D eigenvalue weighted by atomic mass is 15.0. The van der Waals surface area contributed by atoms with Crippen molar-refractivity contribution in [3.8, 4) is 62.0 Å². The zero-order valence-electron chi connectivity index (χ0n) is 31.5. The van der Waals surface area contributed by atoms with Gasteiger partial charge in [-0.15, -0.1) is 0 Å². The third-order valence-corrected chi connectivity index (χ3v) is 11.5. The van der Waals surface area contributed by atoms with Crippen LogP contribution in [-0.2, 0) is 0 Å². The van der Waals surface area contributed by atoms with Crippen LogP contribution in [0.4, 0.5) is 0 Å². The van der Waals surface area contributed by atoms with Crippen molar-refractivity contribution in [2.24, 2.45) is 0 Å². The van der Waals surface area contributed by atoms with Crippen molar-refractivity contribution in [2.75, 3.05) is 0 Å². The Balaban J connectivity index is 1.22. The van der Waals surface area contributed by atoms with Gasteiger partial charge in [-0.1, -0.05) is 170 Å². The van der Waals surface area contributed by atoms with Gasteiger partial charge in [-0.05, 0) is 87.0 Å². The van der Waals surface area contributed by atoms with Crippen molar-refractivity contribution in [1.29, 1.82) is 5.26 Å². The van der Waals surface area contributed by atoms with E-state index in [4.69, 9.17) is 0 Å². The highest BCUT2D eigenvalue weighted by Crippen LogP contribution is 2.40. The van der Waals surface area contributed by atoms with E-state index in [2.05, 4.69) is 215 Å². The first-order valence-corrected chi connectivity index (χ1v) is 19.6. The minimum atomic E-state index is 0.592. The van der Waals surface area contributed by atoms with Gasteiger partial charge in [0.05, 0.1) is 33.7 Å². The summed E-state index contributed by atoms with van der Waals surface area (Å²) in [5.41, 5.74) is 16.0. The number of hydrogen-bond donors (Lipinski definition) is 0. The number of rotatable bonds is 6. The summed E-state index contributed by atoms with van der Waals surface area (Å²) < 4.78 is 4.71. The second-order valence-corrected chi connectivity index (χ2v) is 14.9. The Hall–Kier alpha value is -7.93. The van der Waals surface area contributed by atoms with Crippen molar-refractivity contribution < 1.29 is 0 Å². The quantitative estimate of drug-likeness (QED) is 0.167. The molecule has 3 heteroatoms. The standard InChI is InChI=1S/C55H35N3/c56-36-37-29-46(57-52-31-42(38-13-5-1-6-14-38)21-25-48(52)49-26-22-43(32-53(49)57)39-15-7-2-8-16-39)35-47(30-37)58-54-33-44(40-17-9-3-10-18-40)23-27-50(54)51-28-24-45(34-55(51)58)41-19-11-4-12-20-41/h1-35H. The van der Waals surface area contributed by atoms with Gasteiger partial charge in [0.25, 0.3) is 0 Å². The van der Waals surface area contributed by atoms with Crippen LogP contribution in [0.25, 0.3) is 99.5 Å². The fourth-order valence-corrected chi connectivity index (χ4v) is 8.75. The molecular formula is C55H35N3. The lowest BCUT2D eigenvalue weighted by Gasteiger charge is -2.15. The average molecular weight is 738 g/mol. The molecule has 11 rings (SSSR count). The molecule has 0 spiro atoms. The number of fused-ring (bicyclic) bond motifs is 6. The average Bonchev–Trinajstić information content (AvgIpc) is 3.81. The smallest absolute Gasteiger partial charge is 0.0993 e. The van der Waals surface area contributed by atoms with E-state index in [9.17, 15) is 5.26 Å². The molecule has 9 aromatic carbocycles. The molecular weight excluding hydrogens is 703 g/mol.